The predicted octanol–water partition coefficient (Wildman–Crippen LogP) is -0.441. The van der Waals surface area contributed by atoms with Crippen LogP contribution in [0.2, 0.25) is 0 Å². The molecule has 0 aliphatic carbocycles. The molecule has 3 heteroatoms. The van der Waals surface area contributed by atoms with Crippen LogP contribution in [-0.4, -0.2) is 29.2 Å². The molecule has 1 fully saturated rings. The summed E-state index contributed by atoms with van der Waals surface area (Å²) < 4.78 is 0. The summed E-state index contributed by atoms with van der Waals surface area (Å²) in [5.41, 5.74) is 0. The van der Waals surface area contributed by atoms with Crippen molar-refractivity contribution in [1.82, 2.24) is 4.90 Å². The van der Waals surface area contributed by atoms with Crippen LogP contribution < -0.4 is 0 Å². The van der Waals surface area contributed by atoms with Crippen LogP contribution >= 0.6 is 0 Å². The normalized spacial score (nSPS) is 20.1. The molecule has 1 amide bonds. The van der Waals surface area contributed by atoms with E-state index < -0.39 is 0 Å². The SMILES string of the molecule is O=C1CCCN1CO. The third-order valence-electron chi connectivity index (χ3n) is 1.34. The molecule has 1 N–H and O–H groups in total. The first kappa shape index (κ1) is 5.56. The smallest absolute Gasteiger partial charge is 0.224 e. The molecule has 1 rings (SSSR count). The molecule has 0 aromatic rings. The molecule has 0 unspecified atom stereocenters. The Kier molecular flexibility index (Phi) is 1.48. The van der Waals surface area contributed by atoms with Gasteiger partial charge in [0.2, 0.25) is 5.91 Å². The highest BCUT2D eigenvalue weighted by Gasteiger charge is 2.17. The highest BCUT2D eigenvalue weighted by molar-refractivity contribution is 5.77. The van der Waals surface area contributed by atoms with E-state index in [1.54, 1.807) is 0 Å². The molecule has 1 heterocycles. The molecule has 0 aromatic carbocycles. The lowest BCUT2D eigenvalue weighted by Gasteiger charge is -2.08. The Morgan fingerprint density at radius 2 is 2.50 bits per heavy atom. The number of hydrogen-bond donors (Lipinski definition) is 1. The van der Waals surface area contributed by atoms with Crippen molar-refractivity contribution in [3.05, 3.63) is 0 Å². The predicted molar refractivity (Wildman–Crippen MR) is 28.0 cm³/mol. The van der Waals surface area contributed by atoms with Gasteiger partial charge in [0.1, 0.15) is 6.73 Å². The van der Waals surface area contributed by atoms with E-state index >= 15 is 0 Å². The quantitative estimate of drug-likeness (QED) is 0.503. The zero-order valence-corrected chi connectivity index (χ0v) is 4.63. The maximum absolute atomic E-state index is 10.6. The standard InChI is InChI=1S/C5H9NO2/c7-4-6-3-1-2-5(6)8/h7H,1-4H2. The van der Waals surface area contributed by atoms with Gasteiger partial charge in [-0.25, -0.2) is 0 Å². The summed E-state index contributed by atoms with van der Waals surface area (Å²) >= 11 is 0. The fourth-order valence-electron chi connectivity index (χ4n) is 0.854. The molecule has 3 nitrogen and oxygen atoms in total. The van der Waals surface area contributed by atoms with E-state index in [9.17, 15) is 4.79 Å². The van der Waals surface area contributed by atoms with Crippen molar-refractivity contribution in [3.8, 4) is 0 Å². The minimum absolute atomic E-state index is 0.0764. The summed E-state index contributed by atoms with van der Waals surface area (Å²) in [6.45, 7) is 0.619. The summed E-state index contributed by atoms with van der Waals surface area (Å²) in [6, 6.07) is 0. The molecule has 0 aromatic heterocycles. The fraction of sp³-hybridized carbons (Fsp3) is 0.800. The lowest BCUT2D eigenvalue weighted by molar-refractivity contribution is -0.130. The molecule has 0 saturated carbocycles. The molecule has 1 aliphatic rings. The molecule has 0 spiro atoms. The molecular weight excluding hydrogens is 106 g/mol. The minimum Gasteiger partial charge on any atom is -0.376 e. The zero-order chi connectivity index (χ0) is 5.98. The summed E-state index contributed by atoms with van der Waals surface area (Å²) in [7, 11) is 0. The van der Waals surface area contributed by atoms with Gasteiger partial charge < -0.3 is 10.0 Å². The van der Waals surface area contributed by atoms with Crippen molar-refractivity contribution in [3.63, 3.8) is 0 Å². The van der Waals surface area contributed by atoms with Crippen molar-refractivity contribution >= 4 is 5.91 Å². The highest BCUT2D eigenvalue weighted by atomic mass is 16.3. The third-order valence-corrected chi connectivity index (χ3v) is 1.34. The van der Waals surface area contributed by atoms with Gasteiger partial charge >= 0.3 is 0 Å². The van der Waals surface area contributed by atoms with Gasteiger partial charge in [0.25, 0.3) is 0 Å². The lowest BCUT2D eigenvalue weighted by atomic mass is 10.4. The third kappa shape index (κ3) is 0.816. The van der Waals surface area contributed by atoms with Crippen molar-refractivity contribution in [2.45, 2.75) is 12.8 Å². The fourth-order valence-corrected chi connectivity index (χ4v) is 0.854. The molecule has 0 radical (unpaired) electrons. The van der Waals surface area contributed by atoms with Gasteiger partial charge in [0.05, 0.1) is 0 Å². The van der Waals surface area contributed by atoms with Crippen LogP contribution in [0.1, 0.15) is 12.8 Å². The Hall–Kier alpha value is -0.570. The Morgan fingerprint density at radius 1 is 1.75 bits per heavy atom. The van der Waals surface area contributed by atoms with Crippen LogP contribution in [0.25, 0.3) is 0 Å². The summed E-state index contributed by atoms with van der Waals surface area (Å²) in [4.78, 5) is 12.0. The summed E-state index contributed by atoms with van der Waals surface area (Å²) in [6.07, 6.45) is 1.51. The first-order chi connectivity index (χ1) is 3.84. The van der Waals surface area contributed by atoms with E-state index in [0.717, 1.165) is 13.0 Å². The minimum atomic E-state index is -0.112. The molecular formula is C5H9NO2. The Bertz CT molecular complexity index is 103. The number of aliphatic hydroxyl groups excluding tert-OH is 1. The number of carbonyl (C=O) groups is 1. The summed E-state index contributed by atoms with van der Waals surface area (Å²) in [5, 5.41) is 8.44. The van der Waals surface area contributed by atoms with Crippen LogP contribution in [-0.2, 0) is 4.79 Å². The van der Waals surface area contributed by atoms with E-state index in [2.05, 4.69) is 0 Å². The average Bonchev–Trinajstić information content (AvgIpc) is 2.14. The van der Waals surface area contributed by atoms with Gasteiger partial charge in [-0.1, -0.05) is 0 Å². The lowest BCUT2D eigenvalue weighted by Crippen LogP contribution is -2.24. The largest absolute Gasteiger partial charge is 0.376 e. The molecule has 8 heavy (non-hydrogen) atoms. The first-order valence-corrected chi connectivity index (χ1v) is 2.73. The summed E-state index contributed by atoms with van der Waals surface area (Å²) in [5.74, 6) is 0.0764. The van der Waals surface area contributed by atoms with Gasteiger partial charge in [0, 0.05) is 13.0 Å². The maximum Gasteiger partial charge on any atom is 0.224 e. The van der Waals surface area contributed by atoms with Gasteiger partial charge in [-0.3, -0.25) is 4.79 Å². The van der Waals surface area contributed by atoms with E-state index in [-0.39, 0.29) is 12.6 Å². The molecule has 46 valence electrons. The van der Waals surface area contributed by atoms with Crippen LogP contribution in [0, 0.1) is 0 Å². The maximum atomic E-state index is 10.6. The second kappa shape index (κ2) is 2.13. The number of likely N-dealkylation sites (tertiary alicyclic amines) is 1. The van der Waals surface area contributed by atoms with Crippen LogP contribution in [0.15, 0.2) is 0 Å². The Balaban J connectivity index is 2.42. The first-order valence-electron chi connectivity index (χ1n) is 2.73. The molecule has 1 saturated heterocycles. The van der Waals surface area contributed by atoms with E-state index in [1.165, 1.54) is 4.90 Å². The Morgan fingerprint density at radius 3 is 2.75 bits per heavy atom. The topological polar surface area (TPSA) is 40.5 Å². The van der Waals surface area contributed by atoms with Gasteiger partial charge in [-0.05, 0) is 6.42 Å². The van der Waals surface area contributed by atoms with Crippen molar-refractivity contribution < 1.29 is 9.90 Å². The number of amides is 1. The number of nitrogens with zero attached hydrogens (tertiary/aromatic N) is 1. The van der Waals surface area contributed by atoms with Crippen LogP contribution in [0.4, 0.5) is 0 Å². The number of hydrogen-bond acceptors (Lipinski definition) is 2. The van der Waals surface area contributed by atoms with Gasteiger partial charge in [-0.2, -0.15) is 0 Å². The second-order valence-electron chi connectivity index (χ2n) is 1.90. The average molecular weight is 115 g/mol. The van der Waals surface area contributed by atoms with E-state index in [4.69, 9.17) is 5.11 Å². The van der Waals surface area contributed by atoms with Gasteiger partial charge in [0.15, 0.2) is 0 Å². The van der Waals surface area contributed by atoms with Gasteiger partial charge in [-0.15, -0.1) is 0 Å². The number of aliphatic hydroxyl groups is 1. The van der Waals surface area contributed by atoms with Crippen LogP contribution in [0.5, 0.6) is 0 Å². The number of rotatable bonds is 1. The zero-order valence-electron chi connectivity index (χ0n) is 4.63. The molecule has 0 bridgehead atoms. The highest BCUT2D eigenvalue weighted by Crippen LogP contribution is 2.06. The molecule has 1 aliphatic heterocycles. The van der Waals surface area contributed by atoms with Crippen LogP contribution in [0.3, 0.4) is 0 Å². The van der Waals surface area contributed by atoms with Crippen molar-refractivity contribution in [2.24, 2.45) is 0 Å². The molecule has 0 atom stereocenters. The van der Waals surface area contributed by atoms with Crippen molar-refractivity contribution in [1.29, 1.82) is 0 Å². The van der Waals surface area contributed by atoms with Crippen molar-refractivity contribution in [2.75, 3.05) is 13.3 Å². The van der Waals surface area contributed by atoms with E-state index in [1.807, 2.05) is 0 Å². The second-order valence-corrected chi connectivity index (χ2v) is 1.90. The Labute approximate surface area is 47.9 Å². The van der Waals surface area contributed by atoms with E-state index in [0.29, 0.717) is 6.42 Å². The monoisotopic (exact) mass is 115 g/mol. The number of carbonyl (C=O) groups excluding carboxylic acids is 1.